The normalized spacial score (nSPS) is 39.2. The van der Waals surface area contributed by atoms with Gasteiger partial charge in [-0.2, -0.15) is 0 Å². The molecule has 6 nitrogen and oxygen atoms in total. The molecule has 0 bridgehead atoms. The predicted molar refractivity (Wildman–Crippen MR) is 77.0 cm³/mol. The van der Waals surface area contributed by atoms with Crippen molar-refractivity contribution >= 4 is 17.8 Å². The highest BCUT2D eigenvalue weighted by Gasteiger charge is 2.68. The third kappa shape index (κ3) is 2.11. The number of carbonyl (C=O) groups excluding carboxylic acids is 1. The van der Waals surface area contributed by atoms with Crippen LogP contribution in [0.2, 0.25) is 0 Å². The van der Waals surface area contributed by atoms with Crippen molar-refractivity contribution in [3.8, 4) is 0 Å². The monoisotopic (exact) mass is 309 g/mol. The fraction of sp³-hybridized carbons (Fsp3) is 0.812. The lowest BCUT2D eigenvalue weighted by molar-refractivity contribution is -0.151. The standard InChI is InChI=1S/C16H23NO5/c1-16(2)11(12(16)15(21)22)13(18)17-9-6-4-3-5-8(9)7-10(17)14(19)20/h8-12H,3-7H2,1-2H3,(H,19,20)(H,21,22)/t8?,9?,10?,11-,12+/m1/s1. The first-order valence-corrected chi connectivity index (χ1v) is 8.04. The van der Waals surface area contributed by atoms with Crippen LogP contribution in [0.1, 0.15) is 46.0 Å². The van der Waals surface area contributed by atoms with Crippen molar-refractivity contribution in [3.05, 3.63) is 0 Å². The average Bonchev–Trinajstić information content (AvgIpc) is 2.84. The van der Waals surface area contributed by atoms with Crippen LogP contribution in [0, 0.1) is 23.2 Å². The van der Waals surface area contributed by atoms with Gasteiger partial charge in [-0.25, -0.2) is 4.79 Å². The molecule has 2 saturated carbocycles. The average molecular weight is 309 g/mol. The van der Waals surface area contributed by atoms with Gasteiger partial charge in [0.15, 0.2) is 0 Å². The van der Waals surface area contributed by atoms with Crippen LogP contribution in [0.25, 0.3) is 0 Å². The number of hydrogen-bond donors (Lipinski definition) is 2. The number of carboxylic acids is 2. The molecule has 0 radical (unpaired) electrons. The van der Waals surface area contributed by atoms with Crippen LogP contribution in [0.15, 0.2) is 0 Å². The molecule has 0 aromatic rings. The molecule has 1 aliphatic heterocycles. The molecule has 0 aromatic carbocycles. The second kappa shape index (κ2) is 4.96. The van der Waals surface area contributed by atoms with Crippen LogP contribution in [0.4, 0.5) is 0 Å². The number of fused-ring (bicyclic) bond motifs is 1. The fourth-order valence-corrected chi connectivity index (χ4v) is 4.72. The smallest absolute Gasteiger partial charge is 0.326 e. The van der Waals surface area contributed by atoms with E-state index in [0.29, 0.717) is 6.42 Å². The first kappa shape index (κ1) is 15.3. The highest BCUT2D eigenvalue weighted by Crippen LogP contribution is 2.60. The summed E-state index contributed by atoms with van der Waals surface area (Å²) in [5, 5.41) is 18.7. The topological polar surface area (TPSA) is 94.9 Å². The molecule has 1 saturated heterocycles. The number of nitrogens with zero attached hydrogens (tertiary/aromatic N) is 1. The van der Waals surface area contributed by atoms with E-state index in [0.717, 1.165) is 25.7 Å². The molecule has 22 heavy (non-hydrogen) atoms. The van der Waals surface area contributed by atoms with Gasteiger partial charge < -0.3 is 15.1 Å². The minimum absolute atomic E-state index is 0.0202. The highest BCUT2D eigenvalue weighted by atomic mass is 16.4. The van der Waals surface area contributed by atoms with Crippen LogP contribution >= 0.6 is 0 Å². The van der Waals surface area contributed by atoms with E-state index in [4.69, 9.17) is 0 Å². The molecule has 0 spiro atoms. The van der Waals surface area contributed by atoms with Gasteiger partial charge in [0.1, 0.15) is 6.04 Å². The number of carbonyl (C=O) groups is 3. The van der Waals surface area contributed by atoms with Crippen LogP contribution in [0.3, 0.4) is 0 Å². The van der Waals surface area contributed by atoms with Gasteiger partial charge in [-0.3, -0.25) is 9.59 Å². The van der Waals surface area contributed by atoms with Crippen LogP contribution in [-0.4, -0.2) is 45.0 Å². The summed E-state index contributed by atoms with van der Waals surface area (Å²) in [4.78, 5) is 37.3. The lowest BCUT2D eigenvalue weighted by atomic mass is 9.84. The van der Waals surface area contributed by atoms with Crippen LogP contribution in [0.5, 0.6) is 0 Å². The number of aliphatic carboxylic acids is 2. The van der Waals surface area contributed by atoms with E-state index in [1.54, 1.807) is 13.8 Å². The number of amides is 1. The van der Waals surface area contributed by atoms with E-state index in [1.807, 2.05) is 0 Å². The van der Waals surface area contributed by atoms with Crippen molar-refractivity contribution in [2.75, 3.05) is 0 Å². The van der Waals surface area contributed by atoms with Gasteiger partial charge in [-0.05, 0) is 30.6 Å². The zero-order valence-corrected chi connectivity index (χ0v) is 13.0. The van der Waals surface area contributed by atoms with Gasteiger partial charge in [0.05, 0.1) is 11.8 Å². The molecule has 0 aromatic heterocycles. The third-order valence-electron chi connectivity index (χ3n) is 5.99. The zero-order valence-electron chi connectivity index (χ0n) is 13.0. The Morgan fingerprint density at radius 1 is 1.00 bits per heavy atom. The summed E-state index contributed by atoms with van der Waals surface area (Å²) < 4.78 is 0. The van der Waals surface area contributed by atoms with E-state index in [1.165, 1.54) is 4.90 Å². The zero-order chi connectivity index (χ0) is 16.2. The summed E-state index contributed by atoms with van der Waals surface area (Å²) in [6, 6.07) is -0.806. The van der Waals surface area contributed by atoms with Crippen molar-refractivity contribution < 1.29 is 24.6 Å². The van der Waals surface area contributed by atoms with Crippen molar-refractivity contribution in [2.24, 2.45) is 23.2 Å². The summed E-state index contributed by atoms with van der Waals surface area (Å²) >= 11 is 0. The summed E-state index contributed by atoms with van der Waals surface area (Å²) in [5.41, 5.74) is -0.585. The Hall–Kier alpha value is -1.59. The van der Waals surface area contributed by atoms with E-state index in [9.17, 15) is 24.6 Å². The van der Waals surface area contributed by atoms with Crippen molar-refractivity contribution in [2.45, 2.75) is 58.0 Å². The van der Waals surface area contributed by atoms with E-state index in [-0.39, 0.29) is 17.9 Å². The van der Waals surface area contributed by atoms with Gasteiger partial charge in [-0.15, -0.1) is 0 Å². The van der Waals surface area contributed by atoms with Gasteiger partial charge in [-0.1, -0.05) is 26.7 Å². The molecule has 2 N–H and O–H groups in total. The summed E-state index contributed by atoms with van der Waals surface area (Å²) in [5.74, 6) is -3.23. The minimum Gasteiger partial charge on any atom is -0.481 e. The quantitative estimate of drug-likeness (QED) is 0.825. The molecule has 3 unspecified atom stereocenters. The van der Waals surface area contributed by atoms with Crippen LogP contribution in [-0.2, 0) is 14.4 Å². The molecular weight excluding hydrogens is 286 g/mol. The fourth-order valence-electron chi connectivity index (χ4n) is 4.72. The van der Waals surface area contributed by atoms with Crippen molar-refractivity contribution in [3.63, 3.8) is 0 Å². The number of hydrogen-bond acceptors (Lipinski definition) is 3. The molecular formula is C16H23NO5. The summed E-state index contributed by atoms with van der Waals surface area (Å²) in [7, 11) is 0. The molecule has 1 amide bonds. The molecule has 6 heteroatoms. The lowest BCUT2D eigenvalue weighted by Gasteiger charge is -2.33. The molecule has 1 heterocycles. The van der Waals surface area contributed by atoms with Gasteiger partial charge in [0, 0.05) is 6.04 Å². The number of rotatable bonds is 3. The Balaban J connectivity index is 1.86. The van der Waals surface area contributed by atoms with Gasteiger partial charge >= 0.3 is 11.9 Å². The predicted octanol–water partition coefficient (Wildman–Crippen LogP) is 1.59. The molecule has 5 atom stereocenters. The Kier molecular flexibility index (Phi) is 3.45. The van der Waals surface area contributed by atoms with Crippen molar-refractivity contribution in [1.82, 2.24) is 4.90 Å². The Bertz CT molecular complexity index is 529. The highest BCUT2D eigenvalue weighted by molar-refractivity contribution is 5.94. The summed E-state index contributed by atoms with van der Waals surface area (Å²) in [6.07, 6.45) is 4.41. The Morgan fingerprint density at radius 2 is 1.64 bits per heavy atom. The number of likely N-dealkylation sites (tertiary alicyclic amines) is 1. The first-order valence-electron chi connectivity index (χ1n) is 8.04. The van der Waals surface area contributed by atoms with E-state index >= 15 is 0 Å². The Labute approximate surface area is 129 Å². The SMILES string of the molecule is CC1(C)[C@H](C(=O)O)[C@@H]1C(=O)N1C(C(=O)O)CC2CCCCC21. The van der Waals surface area contributed by atoms with Gasteiger partial charge in [0.25, 0.3) is 0 Å². The van der Waals surface area contributed by atoms with E-state index in [2.05, 4.69) is 0 Å². The first-order chi connectivity index (χ1) is 10.3. The van der Waals surface area contributed by atoms with Crippen molar-refractivity contribution in [1.29, 1.82) is 0 Å². The number of carboxylic acid groups (broad SMARTS) is 2. The molecule has 2 aliphatic carbocycles. The molecule has 3 fully saturated rings. The maximum Gasteiger partial charge on any atom is 0.326 e. The Morgan fingerprint density at radius 3 is 2.18 bits per heavy atom. The largest absolute Gasteiger partial charge is 0.481 e. The second-order valence-corrected chi connectivity index (χ2v) is 7.56. The second-order valence-electron chi connectivity index (χ2n) is 7.56. The molecule has 3 aliphatic rings. The summed E-state index contributed by atoms with van der Waals surface area (Å²) in [6.45, 7) is 3.55. The minimum atomic E-state index is -0.965. The maximum absolute atomic E-state index is 12.9. The van der Waals surface area contributed by atoms with Crippen LogP contribution < -0.4 is 0 Å². The molecule has 122 valence electrons. The molecule has 3 rings (SSSR count). The van der Waals surface area contributed by atoms with Gasteiger partial charge in [0.2, 0.25) is 5.91 Å². The van der Waals surface area contributed by atoms with E-state index < -0.39 is 35.2 Å². The lowest BCUT2D eigenvalue weighted by Crippen LogP contribution is -2.47. The third-order valence-corrected chi connectivity index (χ3v) is 5.99. The maximum atomic E-state index is 12.9.